The Bertz CT molecular complexity index is 589. The van der Waals surface area contributed by atoms with Gasteiger partial charge in [0.05, 0.1) is 12.9 Å². The molecule has 26 heavy (non-hydrogen) atoms. The van der Waals surface area contributed by atoms with Crippen molar-refractivity contribution in [1.29, 1.82) is 0 Å². The smallest absolute Gasteiger partial charge is 0.315 e. The molecular weight excluding hydrogens is 372 g/mol. The van der Waals surface area contributed by atoms with Crippen LogP contribution in [0.5, 0.6) is 0 Å². The first-order valence-corrected chi connectivity index (χ1v) is 11.4. The molecule has 1 aliphatic carbocycles. The monoisotopic (exact) mass is 400 g/mol. The molecule has 1 aromatic heterocycles. The first-order valence-electron chi connectivity index (χ1n) is 9.04. The summed E-state index contributed by atoms with van der Waals surface area (Å²) < 4.78 is 6.87. The molecule has 0 unspecified atom stereocenters. The maximum Gasteiger partial charge on any atom is 0.315 e. The molecule has 2 rings (SSSR count). The lowest BCUT2D eigenvalue weighted by Gasteiger charge is -2.16. The lowest BCUT2D eigenvalue weighted by Crippen LogP contribution is -2.25. The number of nitrogens with one attached hydrogen (secondary N) is 1. The Morgan fingerprint density at radius 2 is 2.08 bits per heavy atom. The number of rotatable bonds is 11. The van der Waals surface area contributed by atoms with Crippen molar-refractivity contribution in [3.05, 3.63) is 5.82 Å². The molecular formula is C17H28N4O3S2. The summed E-state index contributed by atoms with van der Waals surface area (Å²) in [5, 5.41) is 12.6. The number of carbonyl (C=O) groups excluding carboxylic acids is 2. The molecule has 1 N–H and O–H groups in total. The Kier molecular flexibility index (Phi) is 9.31. The van der Waals surface area contributed by atoms with E-state index in [1.165, 1.54) is 44.6 Å². The summed E-state index contributed by atoms with van der Waals surface area (Å²) in [6.07, 6.45) is 9.09. The topological polar surface area (TPSA) is 86.1 Å². The zero-order chi connectivity index (χ0) is 18.8. The van der Waals surface area contributed by atoms with E-state index in [1.54, 1.807) is 11.8 Å². The van der Waals surface area contributed by atoms with Crippen molar-refractivity contribution in [2.45, 2.75) is 56.1 Å². The van der Waals surface area contributed by atoms with Gasteiger partial charge in [-0.1, -0.05) is 24.6 Å². The summed E-state index contributed by atoms with van der Waals surface area (Å²) in [5.41, 5.74) is 0. The minimum absolute atomic E-state index is 0.0180. The van der Waals surface area contributed by atoms with Crippen LogP contribution in [0.1, 0.15) is 50.4 Å². The molecule has 1 aromatic rings. The number of esters is 1. The van der Waals surface area contributed by atoms with Gasteiger partial charge < -0.3 is 14.6 Å². The van der Waals surface area contributed by atoms with E-state index in [1.807, 2.05) is 6.26 Å². The van der Waals surface area contributed by atoms with E-state index in [0.29, 0.717) is 30.5 Å². The number of amides is 1. The van der Waals surface area contributed by atoms with Crippen LogP contribution in [0.2, 0.25) is 0 Å². The Morgan fingerprint density at radius 1 is 1.31 bits per heavy atom. The van der Waals surface area contributed by atoms with Crippen molar-refractivity contribution in [3.8, 4) is 0 Å². The first-order chi connectivity index (χ1) is 12.7. The zero-order valence-corrected chi connectivity index (χ0v) is 17.2. The van der Waals surface area contributed by atoms with E-state index in [0.717, 1.165) is 23.8 Å². The van der Waals surface area contributed by atoms with Crippen molar-refractivity contribution in [3.63, 3.8) is 0 Å². The summed E-state index contributed by atoms with van der Waals surface area (Å²) in [6, 6.07) is 0.531. The van der Waals surface area contributed by atoms with Crippen LogP contribution in [0.25, 0.3) is 0 Å². The summed E-state index contributed by atoms with van der Waals surface area (Å²) in [6.45, 7) is 0.632. The highest BCUT2D eigenvalue weighted by molar-refractivity contribution is 7.99. The number of thioether (sulfide) groups is 2. The predicted molar refractivity (Wildman–Crippen MR) is 105 cm³/mol. The van der Waals surface area contributed by atoms with Crippen LogP contribution in [-0.4, -0.2) is 58.1 Å². The summed E-state index contributed by atoms with van der Waals surface area (Å²) in [5.74, 6) is 1.70. The van der Waals surface area contributed by atoms with E-state index in [2.05, 4.69) is 24.8 Å². The third-order valence-corrected chi connectivity index (χ3v) is 6.00. The van der Waals surface area contributed by atoms with Gasteiger partial charge in [0, 0.05) is 31.2 Å². The minimum atomic E-state index is -0.258. The standard InChI is InChI=1S/C17H28N4O3S2/c1-24-16(23)12-26-11-9-15(22)18-10-5-8-14-19-20-17(25-2)21(14)13-6-3-4-7-13/h13H,3-12H2,1-2H3,(H,18,22). The molecule has 1 heterocycles. The molecule has 0 bridgehead atoms. The predicted octanol–water partition coefficient (Wildman–Crippen LogP) is 2.46. The quantitative estimate of drug-likeness (QED) is 0.347. The van der Waals surface area contributed by atoms with E-state index in [-0.39, 0.29) is 11.9 Å². The third-order valence-electron chi connectivity index (χ3n) is 4.43. The van der Waals surface area contributed by atoms with Crippen LogP contribution in [0.3, 0.4) is 0 Å². The van der Waals surface area contributed by atoms with Crippen molar-refractivity contribution in [2.75, 3.05) is 31.4 Å². The van der Waals surface area contributed by atoms with E-state index in [9.17, 15) is 9.59 Å². The van der Waals surface area contributed by atoms with Crippen molar-refractivity contribution < 1.29 is 14.3 Å². The van der Waals surface area contributed by atoms with Crippen molar-refractivity contribution in [1.82, 2.24) is 20.1 Å². The van der Waals surface area contributed by atoms with Crippen LogP contribution in [-0.2, 0) is 20.7 Å². The van der Waals surface area contributed by atoms with E-state index in [4.69, 9.17) is 0 Å². The van der Waals surface area contributed by atoms with Gasteiger partial charge in [0.15, 0.2) is 5.16 Å². The molecule has 0 aromatic carbocycles. The zero-order valence-electron chi connectivity index (χ0n) is 15.5. The summed E-state index contributed by atoms with van der Waals surface area (Å²) >= 11 is 3.06. The number of carbonyl (C=O) groups is 2. The van der Waals surface area contributed by atoms with Gasteiger partial charge in [-0.15, -0.1) is 22.0 Å². The fraction of sp³-hybridized carbons (Fsp3) is 0.765. The van der Waals surface area contributed by atoms with Gasteiger partial charge in [-0.3, -0.25) is 9.59 Å². The molecule has 1 saturated carbocycles. The van der Waals surface area contributed by atoms with Gasteiger partial charge >= 0.3 is 5.97 Å². The second-order valence-corrected chi connectivity index (χ2v) is 8.12. The molecule has 1 amide bonds. The molecule has 1 fully saturated rings. The number of aromatic nitrogens is 3. The molecule has 1 aliphatic rings. The largest absolute Gasteiger partial charge is 0.468 e. The highest BCUT2D eigenvalue weighted by atomic mass is 32.2. The highest BCUT2D eigenvalue weighted by Gasteiger charge is 2.23. The number of aryl methyl sites for hydroxylation is 1. The van der Waals surface area contributed by atoms with Gasteiger partial charge in [-0.25, -0.2) is 0 Å². The number of nitrogens with zero attached hydrogens (tertiary/aromatic N) is 3. The fourth-order valence-corrected chi connectivity index (χ4v) is 4.42. The molecule has 9 heteroatoms. The normalized spacial score (nSPS) is 14.5. The Labute approximate surface area is 163 Å². The average Bonchev–Trinajstić information content (AvgIpc) is 3.30. The Hall–Kier alpha value is -1.22. The second-order valence-electron chi connectivity index (χ2n) is 6.24. The fourth-order valence-electron chi connectivity index (χ4n) is 3.09. The molecule has 0 spiro atoms. The molecule has 0 atom stereocenters. The van der Waals surface area contributed by atoms with Crippen LogP contribution < -0.4 is 5.32 Å². The SMILES string of the molecule is COC(=O)CSCCC(=O)NCCCc1nnc(SC)n1C1CCCC1. The maximum atomic E-state index is 11.8. The lowest BCUT2D eigenvalue weighted by molar-refractivity contribution is -0.137. The average molecular weight is 401 g/mol. The van der Waals surface area contributed by atoms with Gasteiger partial charge in [0.25, 0.3) is 0 Å². The second kappa shape index (κ2) is 11.5. The molecule has 0 aliphatic heterocycles. The van der Waals surface area contributed by atoms with Gasteiger partial charge in [-0.05, 0) is 25.5 Å². The van der Waals surface area contributed by atoms with Crippen LogP contribution in [0, 0.1) is 0 Å². The van der Waals surface area contributed by atoms with Crippen LogP contribution in [0.4, 0.5) is 0 Å². The highest BCUT2D eigenvalue weighted by Crippen LogP contribution is 2.33. The number of hydrogen-bond donors (Lipinski definition) is 1. The number of methoxy groups -OCH3 is 1. The molecule has 0 saturated heterocycles. The van der Waals surface area contributed by atoms with Gasteiger partial charge in [0.1, 0.15) is 5.82 Å². The minimum Gasteiger partial charge on any atom is -0.468 e. The van der Waals surface area contributed by atoms with E-state index < -0.39 is 0 Å². The lowest BCUT2D eigenvalue weighted by atomic mass is 10.2. The van der Waals surface area contributed by atoms with Gasteiger partial charge in [-0.2, -0.15) is 0 Å². The molecule has 146 valence electrons. The van der Waals surface area contributed by atoms with Crippen molar-refractivity contribution in [2.24, 2.45) is 0 Å². The Balaban J connectivity index is 1.67. The molecule has 7 nitrogen and oxygen atoms in total. The Morgan fingerprint density at radius 3 is 2.77 bits per heavy atom. The van der Waals surface area contributed by atoms with Crippen molar-refractivity contribution >= 4 is 35.4 Å². The molecule has 0 radical (unpaired) electrons. The first kappa shape index (κ1) is 21.1. The number of hydrogen-bond acceptors (Lipinski definition) is 7. The maximum absolute atomic E-state index is 11.8. The third kappa shape index (κ3) is 6.50. The van der Waals surface area contributed by atoms with Gasteiger partial charge in [0.2, 0.25) is 5.91 Å². The summed E-state index contributed by atoms with van der Waals surface area (Å²) in [7, 11) is 1.37. The van der Waals surface area contributed by atoms with Crippen LogP contribution >= 0.6 is 23.5 Å². The van der Waals surface area contributed by atoms with Crippen LogP contribution in [0.15, 0.2) is 5.16 Å². The van der Waals surface area contributed by atoms with E-state index >= 15 is 0 Å². The number of ether oxygens (including phenoxy) is 1. The summed E-state index contributed by atoms with van der Waals surface area (Å²) in [4.78, 5) is 22.8.